The number of fused-ring (bicyclic) bond motifs is 6. The second kappa shape index (κ2) is 4.01. The summed E-state index contributed by atoms with van der Waals surface area (Å²) in [6, 6.07) is 20.9. The van der Waals surface area contributed by atoms with Gasteiger partial charge < -0.3 is 9.47 Å². The predicted octanol–water partition coefficient (Wildman–Crippen LogP) is 4.28. The van der Waals surface area contributed by atoms with Crippen molar-refractivity contribution >= 4 is 10.8 Å². The van der Waals surface area contributed by atoms with Crippen LogP contribution in [0.5, 0.6) is 11.5 Å². The molecule has 0 saturated carbocycles. The average Bonchev–Trinajstić information content (AvgIpc) is 2.90. The lowest BCUT2D eigenvalue weighted by Crippen LogP contribution is -2.30. The van der Waals surface area contributed by atoms with Gasteiger partial charge in [0.25, 0.3) is 0 Å². The summed E-state index contributed by atoms with van der Waals surface area (Å²) in [4.78, 5) is 0. The van der Waals surface area contributed by atoms with Crippen molar-refractivity contribution in [3.63, 3.8) is 0 Å². The molecule has 3 aromatic carbocycles. The third-order valence-electron chi connectivity index (χ3n) is 4.47. The van der Waals surface area contributed by atoms with Crippen LogP contribution in [0.3, 0.4) is 0 Å². The topological polar surface area (TPSA) is 18.5 Å². The van der Waals surface area contributed by atoms with E-state index in [0.29, 0.717) is 0 Å². The van der Waals surface area contributed by atoms with Crippen LogP contribution in [0, 0.1) is 0 Å². The van der Waals surface area contributed by atoms with Gasteiger partial charge in [-0.2, -0.15) is 0 Å². The zero-order valence-electron chi connectivity index (χ0n) is 11.5. The van der Waals surface area contributed by atoms with E-state index in [4.69, 9.17) is 9.47 Å². The Morgan fingerprint density at radius 2 is 1.67 bits per heavy atom. The summed E-state index contributed by atoms with van der Waals surface area (Å²) in [5.41, 5.74) is 2.41. The van der Waals surface area contributed by atoms with Gasteiger partial charge in [-0.25, -0.2) is 0 Å². The highest BCUT2D eigenvalue weighted by Crippen LogP contribution is 2.46. The van der Waals surface area contributed by atoms with Crippen LogP contribution < -0.4 is 9.47 Å². The summed E-state index contributed by atoms with van der Waals surface area (Å²) < 4.78 is 12.4. The molecule has 2 aliphatic rings. The maximum Gasteiger partial charge on any atom is 0.164 e. The minimum absolute atomic E-state index is 0.0134. The molecule has 0 saturated heterocycles. The van der Waals surface area contributed by atoms with Crippen LogP contribution in [0.2, 0.25) is 0 Å². The van der Waals surface area contributed by atoms with E-state index >= 15 is 0 Å². The molecule has 2 aliphatic heterocycles. The number of hydrogen-bond acceptors (Lipinski definition) is 2. The SMILES string of the molecule is c1ccc2c(c1)O[C@@H]1Cc3ccc4ccccc4c3O[C@H]21. The van der Waals surface area contributed by atoms with Crippen molar-refractivity contribution in [2.24, 2.45) is 0 Å². The van der Waals surface area contributed by atoms with Crippen LogP contribution in [-0.4, -0.2) is 6.10 Å². The summed E-state index contributed by atoms with van der Waals surface area (Å²) >= 11 is 0. The zero-order chi connectivity index (χ0) is 13.8. The predicted molar refractivity (Wildman–Crippen MR) is 81.9 cm³/mol. The van der Waals surface area contributed by atoms with Gasteiger partial charge in [-0.3, -0.25) is 0 Å². The highest BCUT2D eigenvalue weighted by molar-refractivity contribution is 5.89. The van der Waals surface area contributed by atoms with Crippen LogP contribution in [0.1, 0.15) is 17.2 Å². The average molecular weight is 274 g/mol. The molecule has 2 heteroatoms. The number of benzene rings is 3. The molecule has 0 bridgehead atoms. The molecule has 102 valence electrons. The van der Waals surface area contributed by atoms with E-state index < -0.39 is 0 Å². The molecule has 2 nitrogen and oxygen atoms in total. The number of hydrogen-bond donors (Lipinski definition) is 0. The van der Waals surface area contributed by atoms with Crippen molar-refractivity contribution in [1.29, 1.82) is 0 Å². The summed E-state index contributed by atoms with van der Waals surface area (Å²) in [5.74, 6) is 1.99. The molecule has 0 aromatic heterocycles. The van der Waals surface area contributed by atoms with E-state index in [0.717, 1.165) is 17.9 Å². The third kappa shape index (κ3) is 1.53. The van der Waals surface area contributed by atoms with Gasteiger partial charge in [0, 0.05) is 17.4 Å². The van der Waals surface area contributed by atoms with Gasteiger partial charge in [0.2, 0.25) is 0 Å². The lowest BCUT2D eigenvalue weighted by molar-refractivity contribution is 0.0709. The van der Waals surface area contributed by atoms with Crippen LogP contribution in [-0.2, 0) is 6.42 Å². The molecule has 3 aromatic rings. The Labute approximate surface area is 122 Å². The zero-order valence-corrected chi connectivity index (χ0v) is 11.5. The van der Waals surface area contributed by atoms with E-state index in [1.807, 2.05) is 18.2 Å². The monoisotopic (exact) mass is 274 g/mol. The van der Waals surface area contributed by atoms with E-state index in [9.17, 15) is 0 Å². The minimum atomic E-state index is 0.0134. The Hall–Kier alpha value is -2.48. The first kappa shape index (κ1) is 11.2. The largest absolute Gasteiger partial charge is 0.485 e. The molecule has 0 spiro atoms. The lowest BCUT2D eigenvalue weighted by atomic mass is 9.94. The molecule has 0 N–H and O–H groups in total. The Morgan fingerprint density at radius 1 is 0.810 bits per heavy atom. The fourth-order valence-corrected chi connectivity index (χ4v) is 3.47. The molecule has 0 aliphatic carbocycles. The standard InChI is InChI=1S/C19H14O2/c1-2-6-14-12(5-1)9-10-13-11-17-19(21-18(13)14)15-7-3-4-8-16(15)20-17/h1-10,17,19H,11H2/t17-,19-/m1/s1. The third-order valence-corrected chi connectivity index (χ3v) is 4.47. The van der Waals surface area contributed by atoms with Crippen molar-refractivity contribution in [3.05, 3.63) is 71.8 Å². The van der Waals surface area contributed by atoms with Crippen LogP contribution in [0.4, 0.5) is 0 Å². The van der Waals surface area contributed by atoms with Crippen molar-refractivity contribution in [2.75, 3.05) is 0 Å². The number of rotatable bonds is 0. The summed E-state index contributed by atoms with van der Waals surface area (Å²) in [6.07, 6.45) is 1.01. The van der Waals surface area contributed by atoms with E-state index in [1.165, 1.54) is 21.9 Å². The van der Waals surface area contributed by atoms with Gasteiger partial charge in [0.15, 0.2) is 6.10 Å². The first-order chi connectivity index (χ1) is 10.4. The van der Waals surface area contributed by atoms with Crippen molar-refractivity contribution in [3.8, 4) is 11.5 Å². The van der Waals surface area contributed by atoms with Gasteiger partial charge in [0.05, 0.1) is 0 Å². The van der Waals surface area contributed by atoms with E-state index in [1.54, 1.807) is 0 Å². The second-order valence-electron chi connectivity index (χ2n) is 5.71. The van der Waals surface area contributed by atoms with Gasteiger partial charge in [0.1, 0.15) is 17.6 Å². The van der Waals surface area contributed by atoms with Crippen LogP contribution in [0.25, 0.3) is 10.8 Å². The number of ether oxygens (including phenoxy) is 2. The number of para-hydroxylation sites is 1. The van der Waals surface area contributed by atoms with Gasteiger partial charge >= 0.3 is 0 Å². The Balaban J connectivity index is 1.68. The molecular formula is C19H14O2. The summed E-state index contributed by atoms with van der Waals surface area (Å²) in [6.45, 7) is 0. The first-order valence-electron chi connectivity index (χ1n) is 7.33. The van der Waals surface area contributed by atoms with E-state index in [2.05, 4.69) is 42.5 Å². The van der Waals surface area contributed by atoms with Crippen molar-refractivity contribution in [2.45, 2.75) is 18.6 Å². The molecule has 0 fully saturated rings. The van der Waals surface area contributed by atoms with Gasteiger partial charge in [-0.1, -0.05) is 54.6 Å². The van der Waals surface area contributed by atoms with Crippen LogP contribution in [0.15, 0.2) is 60.7 Å². The quantitative estimate of drug-likeness (QED) is 0.609. The minimum Gasteiger partial charge on any atom is -0.485 e. The van der Waals surface area contributed by atoms with Crippen molar-refractivity contribution < 1.29 is 9.47 Å². The molecule has 2 heterocycles. The highest BCUT2D eigenvalue weighted by atomic mass is 16.6. The highest BCUT2D eigenvalue weighted by Gasteiger charge is 2.40. The Bertz CT molecular complexity index is 853. The fourth-order valence-electron chi connectivity index (χ4n) is 3.47. The normalized spacial score (nSPS) is 21.9. The maximum atomic E-state index is 6.37. The summed E-state index contributed by atoms with van der Waals surface area (Å²) in [5, 5.41) is 2.42. The molecule has 0 radical (unpaired) electrons. The van der Waals surface area contributed by atoms with Crippen LogP contribution >= 0.6 is 0 Å². The molecule has 5 rings (SSSR count). The molecule has 2 atom stereocenters. The Kier molecular flexibility index (Phi) is 2.14. The molecule has 0 amide bonds. The van der Waals surface area contributed by atoms with Gasteiger partial charge in [-0.05, 0) is 17.0 Å². The van der Waals surface area contributed by atoms with Crippen molar-refractivity contribution in [1.82, 2.24) is 0 Å². The van der Waals surface area contributed by atoms with Gasteiger partial charge in [-0.15, -0.1) is 0 Å². The lowest BCUT2D eigenvalue weighted by Gasteiger charge is -2.29. The summed E-state index contributed by atoms with van der Waals surface area (Å²) in [7, 11) is 0. The first-order valence-corrected chi connectivity index (χ1v) is 7.33. The molecule has 0 unspecified atom stereocenters. The second-order valence-corrected chi connectivity index (χ2v) is 5.71. The Morgan fingerprint density at radius 3 is 2.67 bits per heavy atom. The maximum absolute atomic E-state index is 6.37. The molecule has 21 heavy (non-hydrogen) atoms. The van der Waals surface area contributed by atoms with E-state index in [-0.39, 0.29) is 12.2 Å². The molecular weight excluding hydrogens is 260 g/mol. The smallest absolute Gasteiger partial charge is 0.164 e. The fraction of sp³-hybridized carbons (Fsp3) is 0.158.